The number of hydrogen-bond acceptors (Lipinski definition) is 3. The molecule has 0 saturated carbocycles. The van der Waals surface area contributed by atoms with Crippen molar-refractivity contribution in [3.63, 3.8) is 0 Å². The van der Waals surface area contributed by atoms with Gasteiger partial charge in [0.1, 0.15) is 12.0 Å². The summed E-state index contributed by atoms with van der Waals surface area (Å²) in [5, 5.41) is 8.07. The van der Waals surface area contributed by atoms with Crippen molar-refractivity contribution in [2.45, 2.75) is 25.9 Å². The molecule has 1 N–H and O–H groups in total. The maximum atomic E-state index is 11.7. The first-order valence-electron chi connectivity index (χ1n) is 4.46. The Kier molecular flexibility index (Phi) is 6.61. The second-order valence-electron chi connectivity index (χ2n) is 2.67. The Bertz CT molecular complexity index is 249. The molecule has 86 valence electrons. The molecular formula is C9H13F3N2O. The molecule has 1 heterocycles. The molecule has 0 atom stereocenters. The quantitative estimate of drug-likeness (QED) is 0.834. The van der Waals surface area contributed by atoms with Crippen molar-refractivity contribution in [1.82, 2.24) is 9.97 Å². The first-order chi connectivity index (χ1) is 7.02. The van der Waals surface area contributed by atoms with E-state index in [4.69, 9.17) is 5.11 Å². The van der Waals surface area contributed by atoms with E-state index in [1.165, 1.54) is 0 Å². The van der Waals surface area contributed by atoms with Gasteiger partial charge in [-0.1, -0.05) is 13.3 Å². The van der Waals surface area contributed by atoms with Gasteiger partial charge in [-0.3, -0.25) is 0 Å². The molecule has 0 unspecified atom stereocenters. The smallest absolute Gasteiger partial charge is 0.396 e. The number of hydrogen-bond donors (Lipinski definition) is 1. The number of alkyl halides is 3. The first-order valence-corrected chi connectivity index (χ1v) is 4.46. The van der Waals surface area contributed by atoms with Crippen molar-refractivity contribution in [1.29, 1.82) is 0 Å². The van der Waals surface area contributed by atoms with Crippen molar-refractivity contribution in [3.05, 3.63) is 24.3 Å². The first kappa shape index (κ1) is 13.8. The predicted octanol–water partition coefficient (Wildman–Crippen LogP) is 2.27. The molecular weight excluding hydrogens is 209 g/mol. The monoisotopic (exact) mass is 222 g/mol. The molecule has 3 nitrogen and oxygen atoms in total. The summed E-state index contributed by atoms with van der Waals surface area (Å²) in [7, 11) is 0. The third-order valence-corrected chi connectivity index (χ3v) is 1.38. The zero-order chi connectivity index (χ0) is 11.7. The van der Waals surface area contributed by atoms with E-state index in [1.807, 2.05) is 0 Å². The fourth-order valence-electron chi connectivity index (χ4n) is 0.616. The molecule has 15 heavy (non-hydrogen) atoms. The van der Waals surface area contributed by atoms with Gasteiger partial charge in [0.05, 0.1) is 0 Å². The molecule has 0 aliphatic heterocycles. The van der Waals surface area contributed by atoms with Crippen LogP contribution in [0.25, 0.3) is 0 Å². The van der Waals surface area contributed by atoms with Crippen molar-refractivity contribution in [3.8, 4) is 0 Å². The molecule has 0 amide bonds. The molecule has 0 aromatic carbocycles. The van der Waals surface area contributed by atoms with Gasteiger partial charge in [0.25, 0.3) is 0 Å². The van der Waals surface area contributed by atoms with Crippen molar-refractivity contribution >= 4 is 0 Å². The highest BCUT2D eigenvalue weighted by Crippen LogP contribution is 2.26. The summed E-state index contributed by atoms with van der Waals surface area (Å²) in [6.45, 7) is 2.40. The fraction of sp³-hybridized carbons (Fsp3) is 0.556. The van der Waals surface area contributed by atoms with E-state index >= 15 is 0 Å². The third kappa shape index (κ3) is 6.84. The van der Waals surface area contributed by atoms with Gasteiger partial charge in [-0.25, -0.2) is 9.97 Å². The Morgan fingerprint density at radius 3 is 2.27 bits per heavy atom. The van der Waals surface area contributed by atoms with Gasteiger partial charge < -0.3 is 5.11 Å². The molecule has 1 aromatic rings. The second kappa shape index (κ2) is 7.17. The van der Waals surface area contributed by atoms with Gasteiger partial charge in [-0.05, 0) is 12.5 Å². The van der Waals surface area contributed by atoms with Gasteiger partial charge in [0.2, 0.25) is 0 Å². The highest BCUT2D eigenvalue weighted by atomic mass is 19.4. The number of aromatic nitrogens is 2. The molecule has 6 heteroatoms. The molecule has 0 spiro atoms. The van der Waals surface area contributed by atoms with Crippen molar-refractivity contribution < 1.29 is 18.3 Å². The SMILES string of the molecule is CCCCO.FC(F)(F)c1ccncn1. The molecule has 0 fully saturated rings. The minimum Gasteiger partial charge on any atom is -0.396 e. The Hall–Kier alpha value is -1.17. The number of halogens is 3. The van der Waals surface area contributed by atoms with Crippen LogP contribution in [0.5, 0.6) is 0 Å². The summed E-state index contributed by atoms with van der Waals surface area (Å²) < 4.78 is 35.1. The number of unbranched alkanes of at least 4 members (excludes halogenated alkanes) is 1. The van der Waals surface area contributed by atoms with E-state index in [0.717, 1.165) is 31.4 Å². The van der Waals surface area contributed by atoms with Crippen molar-refractivity contribution in [2.24, 2.45) is 0 Å². The Balaban J connectivity index is 0.000000336. The lowest BCUT2D eigenvalue weighted by molar-refractivity contribution is -0.141. The zero-order valence-electron chi connectivity index (χ0n) is 8.33. The maximum absolute atomic E-state index is 11.7. The maximum Gasteiger partial charge on any atom is 0.433 e. The molecule has 0 saturated heterocycles. The van der Waals surface area contributed by atoms with E-state index in [-0.39, 0.29) is 0 Å². The molecule has 1 aromatic heterocycles. The standard InChI is InChI=1S/C5H3F3N2.C4H10O/c6-5(7,8)4-1-2-9-3-10-4;1-2-3-4-5/h1-3H;5H,2-4H2,1H3. The molecule has 0 radical (unpaired) electrons. The van der Waals surface area contributed by atoms with Gasteiger partial charge in [-0.2, -0.15) is 13.2 Å². The van der Waals surface area contributed by atoms with Crippen LogP contribution in [0.4, 0.5) is 13.2 Å². The van der Waals surface area contributed by atoms with Gasteiger partial charge in [0.15, 0.2) is 0 Å². The van der Waals surface area contributed by atoms with Crippen LogP contribution in [0.2, 0.25) is 0 Å². The second-order valence-corrected chi connectivity index (χ2v) is 2.67. The van der Waals surface area contributed by atoms with Crippen LogP contribution < -0.4 is 0 Å². The summed E-state index contributed by atoms with van der Waals surface area (Å²) in [5.41, 5.74) is -0.914. The molecule has 1 rings (SSSR count). The minimum absolute atomic E-state index is 0.344. The molecule has 0 bridgehead atoms. The summed E-state index contributed by atoms with van der Waals surface area (Å²) in [4.78, 5) is 6.36. The molecule has 0 aliphatic rings. The zero-order valence-corrected chi connectivity index (χ0v) is 8.33. The highest BCUT2D eigenvalue weighted by Gasteiger charge is 2.31. The number of rotatable bonds is 2. The van der Waals surface area contributed by atoms with Gasteiger partial charge in [-0.15, -0.1) is 0 Å². The topological polar surface area (TPSA) is 46.0 Å². The summed E-state index contributed by atoms with van der Waals surface area (Å²) >= 11 is 0. The Morgan fingerprint density at radius 2 is 2.07 bits per heavy atom. The van der Waals surface area contributed by atoms with Crippen LogP contribution in [-0.4, -0.2) is 21.7 Å². The van der Waals surface area contributed by atoms with Crippen LogP contribution in [0, 0.1) is 0 Å². The number of aliphatic hydroxyl groups is 1. The minimum atomic E-state index is -4.36. The van der Waals surface area contributed by atoms with Gasteiger partial charge >= 0.3 is 6.18 Å². The van der Waals surface area contributed by atoms with Gasteiger partial charge in [0, 0.05) is 12.8 Å². The highest BCUT2D eigenvalue weighted by molar-refractivity contribution is 5.01. The lowest BCUT2D eigenvalue weighted by Crippen LogP contribution is -2.07. The molecule has 0 aliphatic carbocycles. The van der Waals surface area contributed by atoms with Crippen molar-refractivity contribution in [2.75, 3.05) is 6.61 Å². The van der Waals surface area contributed by atoms with Crippen LogP contribution in [0.15, 0.2) is 18.6 Å². The summed E-state index contributed by atoms with van der Waals surface area (Å²) in [6, 6.07) is 0.819. The number of aliphatic hydroxyl groups excluding tert-OH is 1. The van der Waals surface area contributed by atoms with E-state index in [9.17, 15) is 13.2 Å². The average Bonchev–Trinajstić information content (AvgIpc) is 2.20. The fourth-order valence-corrected chi connectivity index (χ4v) is 0.616. The van der Waals surface area contributed by atoms with Crippen LogP contribution in [0.3, 0.4) is 0 Å². The average molecular weight is 222 g/mol. The van der Waals surface area contributed by atoms with E-state index in [0.29, 0.717) is 6.61 Å². The number of nitrogens with zero attached hydrogens (tertiary/aromatic N) is 2. The summed E-state index contributed by atoms with van der Waals surface area (Å²) in [5.74, 6) is 0. The lowest BCUT2D eigenvalue weighted by Gasteiger charge is -2.02. The van der Waals surface area contributed by atoms with E-state index in [1.54, 1.807) is 0 Å². The normalized spacial score (nSPS) is 10.5. The Labute approximate surface area is 86.0 Å². The van der Waals surface area contributed by atoms with Crippen LogP contribution in [0.1, 0.15) is 25.5 Å². The largest absolute Gasteiger partial charge is 0.433 e. The lowest BCUT2D eigenvalue weighted by atomic mass is 10.4. The van der Waals surface area contributed by atoms with E-state index < -0.39 is 11.9 Å². The Morgan fingerprint density at radius 1 is 1.40 bits per heavy atom. The third-order valence-electron chi connectivity index (χ3n) is 1.38. The van der Waals surface area contributed by atoms with Crippen LogP contribution in [-0.2, 0) is 6.18 Å². The predicted molar refractivity (Wildman–Crippen MR) is 49.0 cm³/mol. The van der Waals surface area contributed by atoms with Crippen LogP contribution >= 0.6 is 0 Å². The summed E-state index contributed by atoms with van der Waals surface area (Å²) in [6.07, 6.45) is -0.405. The van der Waals surface area contributed by atoms with E-state index in [2.05, 4.69) is 16.9 Å².